The van der Waals surface area contributed by atoms with Crippen LogP contribution in [-0.4, -0.2) is 77.5 Å². The molecule has 0 spiro atoms. The number of nitrogens with one attached hydrogen (secondary N) is 2. The maximum Gasteiger partial charge on any atom is 0.319 e. The van der Waals surface area contributed by atoms with E-state index in [0.717, 1.165) is 62.9 Å². The molecular weight excluding hydrogens is 513 g/mol. The van der Waals surface area contributed by atoms with Gasteiger partial charge in [0.15, 0.2) is 11.6 Å². The van der Waals surface area contributed by atoms with Crippen LogP contribution in [0.4, 0.5) is 14.9 Å². The van der Waals surface area contributed by atoms with E-state index in [9.17, 15) is 9.18 Å². The molecule has 13 heteroatoms. The highest BCUT2D eigenvalue weighted by Gasteiger charge is 2.19. The van der Waals surface area contributed by atoms with Gasteiger partial charge in [-0.3, -0.25) is 0 Å². The number of unbranched alkanes of at least 4 members (excludes halogenated alkanes) is 1. The third-order valence-corrected chi connectivity index (χ3v) is 7.28. The van der Waals surface area contributed by atoms with Gasteiger partial charge >= 0.3 is 6.03 Å². The Morgan fingerprint density at radius 3 is 2.12 bits per heavy atom. The number of aryl methyl sites for hydroxylation is 2. The van der Waals surface area contributed by atoms with Crippen molar-refractivity contribution in [2.45, 2.75) is 32.1 Å². The zero-order valence-corrected chi connectivity index (χ0v) is 22.8. The van der Waals surface area contributed by atoms with Crippen LogP contribution in [0, 0.1) is 11.7 Å². The topological polar surface area (TPSA) is 132 Å². The number of nitrogens with zero attached hydrogens (tertiary/aromatic N) is 9. The summed E-state index contributed by atoms with van der Waals surface area (Å²) in [5.74, 6) is 1.59. The largest absolute Gasteiger partial charge is 0.338 e. The molecule has 1 saturated heterocycles. The van der Waals surface area contributed by atoms with E-state index in [1.165, 1.54) is 5.56 Å². The molecular formula is C27H34FN11O. The molecule has 5 rings (SSSR count). The number of tetrazole rings is 2. The van der Waals surface area contributed by atoms with Gasteiger partial charge in [-0.1, -0.05) is 12.1 Å². The lowest BCUT2D eigenvalue weighted by Gasteiger charge is -2.32. The number of urea groups is 1. The van der Waals surface area contributed by atoms with Crippen molar-refractivity contribution in [3.05, 3.63) is 53.8 Å². The van der Waals surface area contributed by atoms with Gasteiger partial charge in [-0.05, 0) is 114 Å². The quantitative estimate of drug-likeness (QED) is 0.290. The number of aromatic nitrogens is 8. The Kier molecular flexibility index (Phi) is 8.69. The van der Waals surface area contributed by atoms with Gasteiger partial charge in [0.05, 0.1) is 0 Å². The molecule has 2 N–H and O–H groups in total. The molecule has 0 unspecified atom stereocenters. The number of halogens is 1. The average Bonchev–Trinajstić information content (AvgIpc) is 3.58. The first kappa shape index (κ1) is 27.3. The van der Waals surface area contributed by atoms with Crippen LogP contribution in [0.1, 0.15) is 31.2 Å². The van der Waals surface area contributed by atoms with Crippen LogP contribution in [-0.2, 0) is 20.5 Å². The predicted octanol–water partition coefficient (Wildman–Crippen LogP) is 3.06. The van der Waals surface area contributed by atoms with Gasteiger partial charge in [-0.2, -0.15) is 0 Å². The summed E-state index contributed by atoms with van der Waals surface area (Å²) in [7, 11) is 3.50. The predicted molar refractivity (Wildman–Crippen MR) is 148 cm³/mol. The normalized spacial score (nSPS) is 14.4. The third-order valence-electron chi connectivity index (χ3n) is 7.28. The Morgan fingerprint density at radius 1 is 0.925 bits per heavy atom. The molecule has 12 nitrogen and oxygen atoms in total. The van der Waals surface area contributed by atoms with Crippen LogP contribution in [0.15, 0.2) is 42.5 Å². The molecule has 0 bridgehead atoms. The second-order valence-corrected chi connectivity index (χ2v) is 10.3. The molecule has 2 aromatic carbocycles. The van der Waals surface area contributed by atoms with Crippen molar-refractivity contribution in [3.63, 3.8) is 0 Å². The zero-order chi connectivity index (χ0) is 27.9. The first-order valence-corrected chi connectivity index (χ1v) is 13.6. The van der Waals surface area contributed by atoms with Crippen LogP contribution in [0.2, 0.25) is 0 Å². The molecule has 0 radical (unpaired) electrons. The van der Waals surface area contributed by atoms with E-state index in [2.05, 4.69) is 46.6 Å². The summed E-state index contributed by atoms with van der Waals surface area (Å²) >= 11 is 0. The smallest absolute Gasteiger partial charge is 0.319 e. The summed E-state index contributed by atoms with van der Waals surface area (Å²) < 4.78 is 16.3. The monoisotopic (exact) mass is 547 g/mol. The Hall–Kier alpha value is -4.26. The molecule has 0 atom stereocenters. The van der Waals surface area contributed by atoms with Gasteiger partial charge in [0.1, 0.15) is 5.82 Å². The lowest BCUT2D eigenvalue weighted by Crippen LogP contribution is -2.35. The number of amides is 2. The second-order valence-electron chi connectivity index (χ2n) is 10.3. The molecule has 40 heavy (non-hydrogen) atoms. The lowest BCUT2D eigenvalue weighted by atomic mass is 9.90. The van der Waals surface area contributed by atoms with Crippen molar-refractivity contribution >= 4 is 11.7 Å². The molecule has 2 amide bonds. The Labute approximate surface area is 231 Å². The maximum atomic E-state index is 13.1. The van der Waals surface area contributed by atoms with E-state index >= 15 is 0 Å². The summed E-state index contributed by atoms with van der Waals surface area (Å²) in [6.07, 6.45) is 5.24. The van der Waals surface area contributed by atoms with Crippen LogP contribution < -0.4 is 10.6 Å². The van der Waals surface area contributed by atoms with Gasteiger partial charge in [-0.25, -0.2) is 18.5 Å². The molecule has 1 aliphatic rings. The number of carbonyl (C=O) groups excluding carboxylic acids is 1. The molecule has 4 aromatic rings. The second kappa shape index (κ2) is 12.7. The summed E-state index contributed by atoms with van der Waals surface area (Å²) in [5.41, 5.74) is 3.25. The van der Waals surface area contributed by atoms with Crippen molar-refractivity contribution in [1.29, 1.82) is 0 Å². The molecule has 1 aliphatic heterocycles. The van der Waals surface area contributed by atoms with Gasteiger partial charge in [-0.15, -0.1) is 10.2 Å². The van der Waals surface area contributed by atoms with E-state index in [0.29, 0.717) is 29.8 Å². The first-order valence-electron chi connectivity index (χ1n) is 13.6. The highest BCUT2D eigenvalue weighted by atomic mass is 19.1. The minimum atomic E-state index is -0.281. The standard InChI is InChI=1S/C27H34FN11O/c1-37-25(31-33-35-37)21-16-22(26-32-34-36-38(26)2)18-24(17-21)30-27(40)29-11-3-4-12-39-13-9-20(10-14-39)15-19-5-7-23(28)8-6-19/h5-8,16-18,20H,3-4,9-15H2,1-2H3,(H2,29,30,40). The van der Waals surface area contributed by atoms with E-state index < -0.39 is 0 Å². The molecule has 2 aromatic heterocycles. The lowest BCUT2D eigenvalue weighted by molar-refractivity contribution is 0.181. The molecule has 0 saturated carbocycles. The van der Waals surface area contributed by atoms with Gasteiger partial charge in [0.25, 0.3) is 0 Å². The van der Waals surface area contributed by atoms with Crippen molar-refractivity contribution in [3.8, 4) is 22.8 Å². The number of likely N-dealkylation sites (tertiary alicyclic amines) is 1. The van der Waals surface area contributed by atoms with Crippen molar-refractivity contribution < 1.29 is 9.18 Å². The minimum Gasteiger partial charge on any atom is -0.338 e. The van der Waals surface area contributed by atoms with Gasteiger partial charge in [0.2, 0.25) is 0 Å². The van der Waals surface area contributed by atoms with Crippen LogP contribution in [0.5, 0.6) is 0 Å². The fourth-order valence-corrected chi connectivity index (χ4v) is 5.11. The average molecular weight is 548 g/mol. The highest BCUT2D eigenvalue weighted by Crippen LogP contribution is 2.28. The van der Waals surface area contributed by atoms with Gasteiger partial charge in [0, 0.05) is 37.5 Å². The number of hydrogen-bond donors (Lipinski definition) is 2. The van der Waals surface area contributed by atoms with Crippen LogP contribution >= 0.6 is 0 Å². The van der Waals surface area contributed by atoms with E-state index in [-0.39, 0.29) is 11.8 Å². The Bertz CT molecular complexity index is 1350. The number of carbonyl (C=O) groups is 1. The number of anilines is 1. The number of benzene rings is 2. The minimum absolute atomic E-state index is 0.180. The molecule has 210 valence electrons. The Morgan fingerprint density at radius 2 is 1.55 bits per heavy atom. The fourth-order valence-electron chi connectivity index (χ4n) is 5.11. The van der Waals surface area contributed by atoms with E-state index in [1.54, 1.807) is 35.6 Å². The summed E-state index contributed by atoms with van der Waals surface area (Å²) in [6.45, 7) is 3.77. The van der Waals surface area contributed by atoms with Crippen molar-refractivity contribution in [1.82, 2.24) is 50.6 Å². The number of hydrogen-bond acceptors (Lipinski definition) is 8. The Balaban J connectivity index is 1.06. The fraction of sp³-hybridized carbons (Fsp3) is 0.444. The molecule has 0 aliphatic carbocycles. The maximum absolute atomic E-state index is 13.1. The van der Waals surface area contributed by atoms with Crippen molar-refractivity contribution in [2.75, 3.05) is 31.5 Å². The first-order chi connectivity index (χ1) is 19.4. The third kappa shape index (κ3) is 7.03. The number of rotatable bonds is 10. The molecule has 3 heterocycles. The van der Waals surface area contributed by atoms with Crippen LogP contribution in [0.25, 0.3) is 22.8 Å². The number of piperidine rings is 1. The van der Waals surface area contributed by atoms with E-state index in [4.69, 9.17) is 0 Å². The van der Waals surface area contributed by atoms with Gasteiger partial charge < -0.3 is 15.5 Å². The van der Waals surface area contributed by atoms with Crippen LogP contribution in [0.3, 0.4) is 0 Å². The SMILES string of the molecule is Cn1nnnc1-c1cc(NC(=O)NCCCCN2CCC(Cc3ccc(F)cc3)CC2)cc(-c2nnnn2C)c1. The van der Waals surface area contributed by atoms with Crippen molar-refractivity contribution in [2.24, 2.45) is 20.0 Å². The highest BCUT2D eigenvalue weighted by molar-refractivity contribution is 5.91. The van der Waals surface area contributed by atoms with E-state index in [1.807, 2.05) is 30.3 Å². The summed E-state index contributed by atoms with van der Waals surface area (Å²) in [4.78, 5) is 15.2. The zero-order valence-electron chi connectivity index (χ0n) is 22.8. The summed E-state index contributed by atoms with van der Waals surface area (Å²) in [6, 6.07) is 12.1. The molecule has 1 fully saturated rings. The summed E-state index contributed by atoms with van der Waals surface area (Å²) in [5, 5.41) is 29.3.